The second-order valence-electron chi connectivity index (χ2n) is 5.84. The summed E-state index contributed by atoms with van der Waals surface area (Å²) in [6.45, 7) is 6.66. The molecule has 110 valence electrons. The Hall–Kier alpha value is -1.91. The van der Waals surface area contributed by atoms with E-state index in [1.807, 2.05) is 0 Å². The zero-order valence-electron chi connectivity index (χ0n) is 13.4. The molecule has 0 heterocycles. The standard InChI is InChI=1S/C21H21P/c1-14-13-15(2)21(18-11-7-8-12-19(18)22)16(3)20(14)17-9-5-4-6-10-17/h4-13H,22H2,1-3H3. The highest BCUT2D eigenvalue weighted by Crippen LogP contribution is 2.36. The van der Waals surface area contributed by atoms with Gasteiger partial charge in [-0.05, 0) is 65.0 Å². The van der Waals surface area contributed by atoms with Gasteiger partial charge in [-0.3, -0.25) is 0 Å². The van der Waals surface area contributed by atoms with E-state index in [-0.39, 0.29) is 0 Å². The fourth-order valence-corrected chi connectivity index (χ4v) is 3.73. The van der Waals surface area contributed by atoms with E-state index in [1.54, 1.807) is 0 Å². The Morgan fingerprint density at radius 3 is 1.95 bits per heavy atom. The Balaban J connectivity index is 2.32. The Labute approximate surface area is 135 Å². The monoisotopic (exact) mass is 304 g/mol. The van der Waals surface area contributed by atoms with E-state index in [0.29, 0.717) is 0 Å². The summed E-state index contributed by atoms with van der Waals surface area (Å²) in [4.78, 5) is 0. The van der Waals surface area contributed by atoms with Gasteiger partial charge in [0.15, 0.2) is 0 Å². The van der Waals surface area contributed by atoms with Crippen LogP contribution in [-0.2, 0) is 0 Å². The van der Waals surface area contributed by atoms with Gasteiger partial charge in [-0.25, -0.2) is 0 Å². The minimum Gasteiger partial charge on any atom is -0.105 e. The lowest BCUT2D eigenvalue weighted by Crippen LogP contribution is -2.02. The van der Waals surface area contributed by atoms with Crippen molar-refractivity contribution in [2.75, 3.05) is 0 Å². The van der Waals surface area contributed by atoms with Crippen LogP contribution in [0.3, 0.4) is 0 Å². The van der Waals surface area contributed by atoms with Gasteiger partial charge in [0, 0.05) is 0 Å². The molecule has 22 heavy (non-hydrogen) atoms. The number of rotatable bonds is 2. The van der Waals surface area contributed by atoms with Gasteiger partial charge >= 0.3 is 0 Å². The van der Waals surface area contributed by atoms with Crippen LogP contribution >= 0.6 is 9.24 Å². The molecule has 0 radical (unpaired) electrons. The number of hydrogen-bond acceptors (Lipinski definition) is 0. The molecule has 0 saturated heterocycles. The topological polar surface area (TPSA) is 0 Å². The smallest absolute Gasteiger partial charge is 0.0107 e. The van der Waals surface area contributed by atoms with E-state index in [0.717, 1.165) is 0 Å². The molecule has 0 aliphatic heterocycles. The van der Waals surface area contributed by atoms with Crippen molar-refractivity contribution in [3.63, 3.8) is 0 Å². The van der Waals surface area contributed by atoms with E-state index in [9.17, 15) is 0 Å². The Bertz CT molecular complexity index is 817. The normalized spacial score (nSPS) is 10.7. The maximum absolute atomic E-state index is 2.86. The zero-order chi connectivity index (χ0) is 15.7. The maximum atomic E-state index is 2.86. The van der Waals surface area contributed by atoms with Gasteiger partial charge in [0.25, 0.3) is 0 Å². The predicted octanol–water partition coefficient (Wildman–Crippen LogP) is 5.45. The number of aryl methyl sites for hydroxylation is 2. The molecule has 1 unspecified atom stereocenters. The highest BCUT2D eigenvalue weighted by molar-refractivity contribution is 7.28. The molecular weight excluding hydrogens is 283 g/mol. The fourth-order valence-electron chi connectivity index (χ4n) is 3.37. The Morgan fingerprint density at radius 1 is 0.682 bits per heavy atom. The van der Waals surface area contributed by atoms with E-state index in [1.165, 1.54) is 44.2 Å². The van der Waals surface area contributed by atoms with Gasteiger partial charge < -0.3 is 0 Å². The first-order chi connectivity index (χ1) is 10.6. The van der Waals surface area contributed by atoms with Crippen LogP contribution in [0.4, 0.5) is 0 Å². The summed E-state index contributed by atoms with van der Waals surface area (Å²) in [6.07, 6.45) is 0. The van der Waals surface area contributed by atoms with Crippen LogP contribution in [0.1, 0.15) is 16.7 Å². The van der Waals surface area contributed by atoms with Gasteiger partial charge in [-0.15, -0.1) is 9.24 Å². The molecule has 0 saturated carbocycles. The number of benzene rings is 3. The largest absolute Gasteiger partial charge is 0.105 e. The minimum atomic E-state index is 1.25. The molecule has 3 aromatic rings. The molecule has 1 heteroatoms. The molecule has 3 aromatic carbocycles. The molecule has 0 bridgehead atoms. The van der Waals surface area contributed by atoms with Crippen LogP contribution in [0, 0.1) is 20.8 Å². The maximum Gasteiger partial charge on any atom is -0.0107 e. The van der Waals surface area contributed by atoms with Crippen molar-refractivity contribution in [1.82, 2.24) is 0 Å². The molecule has 0 aliphatic rings. The van der Waals surface area contributed by atoms with Gasteiger partial charge in [-0.2, -0.15) is 0 Å². The van der Waals surface area contributed by atoms with Crippen molar-refractivity contribution in [1.29, 1.82) is 0 Å². The second kappa shape index (κ2) is 6.07. The average Bonchev–Trinajstić information content (AvgIpc) is 2.50. The summed E-state index contributed by atoms with van der Waals surface area (Å²) in [6, 6.07) is 21.6. The molecule has 0 amide bonds. The molecule has 0 spiro atoms. The minimum absolute atomic E-state index is 1.25. The lowest BCUT2D eigenvalue weighted by molar-refractivity contribution is 1.32. The fraction of sp³-hybridized carbons (Fsp3) is 0.143. The van der Waals surface area contributed by atoms with Crippen molar-refractivity contribution in [3.05, 3.63) is 77.4 Å². The third-order valence-electron chi connectivity index (χ3n) is 4.26. The van der Waals surface area contributed by atoms with E-state index in [2.05, 4.69) is 90.7 Å². The summed E-state index contributed by atoms with van der Waals surface area (Å²) in [5.41, 5.74) is 9.35. The highest BCUT2D eigenvalue weighted by Gasteiger charge is 2.15. The molecule has 0 nitrogen and oxygen atoms in total. The van der Waals surface area contributed by atoms with E-state index < -0.39 is 0 Å². The summed E-state index contributed by atoms with van der Waals surface area (Å²) >= 11 is 0. The Morgan fingerprint density at radius 2 is 1.27 bits per heavy atom. The molecular formula is C21H21P. The van der Waals surface area contributed by atoms with Crippen molar-refractivity contribution in [2.45, 2.75) is 20.8 Å². The van der Waals surface area contributed by atoms with Crippen LogP contribution in [0.2, 0.25) is 0 Å². The van der Waals surface area contributed by atoms with E-state index >= 15 is 0 Å². The first-order valence-corrected chi connectivity index (χ1v) is 8.18. The molecule has 1 atom stereocenters. The molecule has 0 N–H and O–H groups in total. The average molecular weight is 304 g/mol. The van der Waals surface area contributed by atoms with Crippen molar-refractivity contribution in [3.8, 4) is 22.3 Å². The van der Waals surface area contributed by atoms with Crippen LogP contribution in [0.25, 0.3) is 22.3 Å². The first-order valence-electron chi connectivity index (χ1n) is 7.60. The lowest BCUT2D eigenvalue weighted by Gasteiger charge is -2.19. The molecule has 0 aliphatic carbocycles. The quantitative estimate of drug-likeness (QED) is 0.553. The molecule has 3 rings (SSSR count). The van der Waals surface area contributed by atoms with Crippen molar-refractivity contribution >= 4 is 14.5 Å². The zero-order valence-corrected chi connectivity index (χ0v) is 14.5. The highest BCUT2D eigenvalue weighted by atomic mass is 31.0. The lowest BCUT2D eigenvalue weighted by atomic mass is 9.86. The summed E-state index contributed by atoms with van der Waals surface area (Å²) in [5, 5.41) is 1.25. The van der Waals surface area contributed by atoms with Gasteiger partial charge in [-0.1, -0.05) is 60.7 Å². The summed E-state index contributed by atoms with van der Waals surface area (Å²) in [7, 11) is 2.86. The molecule has 0 aromatic heterocycles. The third-order valence-corrected chi connectivity index (χ3v) is 4.77. The van der Waals surface area contributed by atoms with E-state index in [4.69, 9.17) is 0 Å². The van der Waals surface area contributed by atoms with Crippen molar-refractivity contribution in [2.24, 2.45) is 0 Å². The molecule has 0 fully saturated rings. The Kier molecular flexibility index (Phi) is 4.14. The van der Waals surface area contributed by atoms with Gasteiger partial charge in [0.1, 0.15) is 0 Å². The van der Waals surface area contributed by atoms with Gasteiger partial charge in [0.2, 0.25) is 0 Å². The summed E-state index contributed by atoms with van der Waals surface area (Å²) < 4.78 is 0. The van der Waals surface area contributed by atoms with Crippen LogP contribution < -0.4 is 5.30 Å². The van der Waals surface area contributed by atoms with Gasteiger partial charge in [0.05, 0.1) is 0 Å². The van der Waals surface area contributed by atoms with Crippen LogP contribution in [0.15, 0.2) is 60.7 Å². The van der Waals surface area contributed by atoms with Crippen LogP contribution in [-0.4, -0.2) is 0 Å². The summed E-state index contributed by atoms with van der Waals surface area (Å²) in [5.74, 6) is 0. The van der Waals surface area contributed by atoms with Crippen molar-refractivity contribution < 1.29 is 0 Å². The number of hydrogen-bond donors (Lipinski definition) is 0. The second-order valence-corrected chi connectivity index (χ2v) is 6.46. The third kappa shape index (κ3) is 2.60. The predicted molar refractivity (Wildman–Crippen MR) is 101 cm³/mol. The SMILES string of the molecule is Cc1cc(C)c(-c2ccccc2P)c(C)c1-c1ccccc1. The first kappa shape index (κ1) is 15.0. The van der Waals surface area contributed by atoms with Crippen LogP contribution in [0.5, 0.6) is 0 Å².